The minimum absolute atomic E-state index is 0. The van der Waals surface area contributed by atoms with Crippen LogP contribution in [0.1, 0.15) is 62.4 Å². The van der Waals surface area contributed by atoms with Crippen molar-refractivity contribution in [1.82, 2.24) is 10.6 Å². The summed E-state index contributed by atoms with van der Waals surface area (Å²) < 4.78 is 0. The van der Waals surface area contributed by atoms with E-state index in [0.29, 0.717) is 24.4 Å². The molecule has 0 aliphatic rings. The lowest BCUT2D eigenvalue weighted by Crippen LogP contribution is -2.51. The van der Waals surface area contributed by atoms with Gasteiger partial charge < -0.3 is 16.4 Å². The molecule has 0 saturated carbocycles. The second-order valence-electron chi connectivity index (χ2n) is 7.05. The second-order valence-corrected chi connectivity index (χ2v) is 7.05. The van der Waals surface area contributed by atoms with E-state index in [-0.39, 0.29) is 30.3 Å². The fourth-order valence-electron chi connectivity index (χ4n) is 2.77. The van der Waals surface area contributed by atoms with E-state index in [9.17, 15) is 9.59 Å². The fraction of sp³-hybridized carbons (Fsp3) is 0.600. The normalized spacial score (nSPS) is 12.8. The maximum absolute atomic E-state index is 12.7. The van der Waals surface area contributed by atoms with E-state index in [4.69, 9.17) is 5.73 Å². The Morgan fingerprint density at radius 1 is 1.15 bits per heavy atom. The number of rotatable bonds is 10. The molecule has 0 heterocycles. The van der Waals surface area contributed by atoms with Crippen LogP contribution >= 0.6 is 12.4 Å². The third-order valence-corrected chi connectivity index (χ3v) is 4.26. The van der Waals surface area contributed by atoms with Crippen molar-refractivity contribution in [3.8, 4) is 0 Å². The highest BCUT2D eigenvalue weighted by Gasteiger charge is 2.24. The molecule has 0 saturated heterocycles. The molecule has 2 unspecified atom stereocenters. The molecule has 26 heavy (non-hydrogen) atoms. The molecule has 0 radical (unpaired) electrons. The largest absolute Gasteiger partial charge is 0.350 e. The van der Waals surface area contributed by atoms with Gasteiger partial charge in [0.25, 0.3) is 5.91 Å². The highest BCUT2D eigenvalue weighted by Crippen LogP contribution is 2.11. The Morgan fingerprint density at radius 3 is 2.35 bits per heavy atom. The van der Waals surface area contributed by atoms with Gasteiger partial charge in [-0.05, 0) is 37.3 Å². The number of unbranched alkanes of at least 4 members (excludes halogenated alkanes) is 1. The Morgan fingerprint density at radius 2 is 1.81 bits per heavy atom. The molecule has 6 heteroatoms. The molecule has 2 atom stereocenters. The van der Waals surface area contributed by atoms with Gasteiger partial charge in [-0.2, -0.15) is 0 Å². The molecule has 2 amide bonds. The SMILES string of the molecule is CCCCC(CN)NC(=O)C(CC(C)C)NC(=O)c1ccccc1C.Cl. The first-order valence-electron chi connectivity index (χ1n) is 9.25. The highest BCUT2D eigenvalue weighted by molar-refractivity contribution is 5.98. The number of hydrogen-bond donors (Lipinski definition) is 3. The molecular weight excluding hydrogens is 350 g/mol. The molecular formula is C20H34ClN3O2. The van der Waals surface area contributed by atoms with Gasteiger partial charge in [0.05, 0.1) is 0 Å². The summed E-state index contributed by atoms with van der Waals surface area (Å²) in [6.07, 6.45) is 3.53. The van der Waals surface area contributed by atoms with E-state index in [2.05, 4.69) is 17.6 Å². The summed E-state index contributed by atoms with van der Waals surface area (Å²) in [5.41, 5.74) is 7.27. The van der Waals surface area contributed by atoms with Gasteiger partial charge in [0, 0.05) is 18.2 Å². The summed E-state index contributed by atoms with van der Waals surface area (Å²) in [6, 6.07) is 6.79. The third kappa shape index (κ3) is 8.19. The first-order chi connectivity index (χ1) is 11.9. The number of halogens is 1. The van der Waals surface area contributed by atoms with E-state index in [1.807, 2.05) is 39.0 Å². The zero-order valence-electron chi connectivity index (χ0n) is 16.4. The first kappa shape index (κ1) is 24.4. The Bertz CT molecular complexity index is 564. The third-order valence-electron chi connectivity index (χ3n) is 4.26. The van der Waals surface area contributed by atoms with E-state index < -0.39 is 6.04 Å². The number of carbonyl (C=O) groups excluding carboxylic acids is 2. The van der Waals surface area contributed by atoms with E-state index in [0.717, 1.165) is 24.8 Å². The standard InChI is InChI=1S/C20H33N3O2.ClH/c1-5-6-10-16(13-21)22-20(25)18(12-14(2)3)23-19(24)17-11-8-7-9-15(17)4;/h7-9,11,14,16,18H,5-6,10,12-13,21H2,1-4H3,(H,22,25)(H,23,24);1H. The lowest BCUT2D eigenvalue weighted by atomic mass is 10.0. The fourth-order valence-corrected chi connectivity index (χ4v) is 2.77. The molecule has 0 bridgehead atoms. The van der Waals surface area contributed by atoms with Crippen LogP contribution in [0, 0.1) is 12.8 Å². The molecule has 0 spiro atoms. The molecule has 0 aromatic heterocycles. The molecule has 0 aliphatic heterocycles. The zero-order valence-corrected chi connectivity index (χ0v) is 17.2. The maximum Gasteiger partial charge on any atom is 0.252 e. The number of amides is 2. The Balaban J connectivity index is 0.00000625. The summed E-state index contributed by atoms with van der Waals surface area (Å²) in [7, 11) is 0. The minimum Gasteiger partial charge on any atom is -0.350 e. The monoisotopic (exact) mass is 383 g/mol. The zero-order chi connectivity index (χ0) is 18.8. The van der Waals surface area contributed by atoms with Crippen molar-refractivity contribution in [2.75, 3.05) is 6.54 Å². The van der Waals surface area contributed by atoms with Gasteiger partial charge >= 0.3 is 0 Å². The van der Waals surface area contributed by atoms with Crippen molar-refractivity contribution in [2.45, 2.75) is 65.5 Å². The van der Waals surface area contributed by atoms with E-state index in [1.165, 1.54) is 0 Å². The van der Waals surface area contributed by atoms with Crippen molar-refractivity contribution in [2.24, 2.45) is 11.7 Å². The molecule has 0 fully saturated rings. The van der Waals surface area contributed by atoms with Crippen LogP contribution in [0.5, 0.6) is 0 Å². The number of carbonyl (C=O) groups is 2. The van der Waals surface area contributed by atoms with Gasteiger partial charge in [-0.3, -0.25) is 9.59 Å². The molecule has 1 aromatic rings. The van der Waals surface area contributed by atoms with Crippen LogP contribution in [-0.4, -0.2) is 30.4 Å². The Kier molecular flexibility index (Phi) is 11.9. The molecule has 0 aliphatic carbocycles. The van der Waals surface area contributed by atoms with Crippen LogP contribution in [0.4, 0.5) is 0 Å². The van der Waals surface area contributed by atoms with Crippen molar-refractivity contribution in [3.05, 3.63) is 35.4 Å². The van der Waals surface area contributed by atoms with Crippen LogP contribution in [0.15, 0.2) is 24.3 Å². The molecule has 4 N–H and O–H groups in total. The van der Waals surface area contributed by atoms with Gasteiger partial charge in [0.2, 0.25) is 5.91 Å². The topological polar surface area (TPSA) is 84.2 Å². The van der Waals surface area contributed by atoms with Gasteiger partial charge in [-0.1, -0.05) is 51.8 Å². The maximum atomic E-state index is 12.7. The van der Waals surface area contributed by atoms with Crippen LogP contribution < -0.4 is 16.4 Å². The van der Waals surface area contributed by atoms with Gasteiger partial charge in [-0.25, -0.2) is 0 Å². The van der Waals surface area contributed by atoms with Crippen molar-refractivity contribution < 1.29 is 9.59 Å². The van der Waals surface area contributed by atoms with E-state index >= 15 is 0 Å². The molecule has 148 valence electrons. The van der Waals surface area contributed by atoms with Gasteiger partial charge in [0.1, 0.15) is 6.04 Å². The van der Waals surface area contributed by atoms with Gasteiger partial charge in [0.15, 0.2) is 0 Å². The quantitative estimate of drug-likeness (QED) is 0.580. The molecule has 1 aromatic carbocycles. The number of aryl methyl sites for hydroxylation is 1. The van der Waals surface area contributed by atoms with Crippen LogP contribution in [0.2, 0.25) is 0 Å². The van der Waals surface area contributed by atoms with Crippen molar-refractivity contribution in [1.29, 1.82) is 0 Å². The highest BCUT2D eigenvalue weighted by atomic mass is 35.5. The number of hydrogen-bond acceptors (Lipinski definition) is 3. The number of nitrogens with one attached hydrogen (secondary N) is 2. The summed E-state index contributed by atoms with van der Waals surface area (Å²) in [5.74, 6) is -0.0705. The summed E-state index contributed by atoms with van der Waals surface area (Å²) in [5, 5.41) is 5.90. The average molecular weight is 384 g/mol. The summed E-state index contributed by atoms with van der Waals surface area (Å²) >= 11 is 0. The number of nitrogens with two attached hydrogens (primary N) is 1. The molecule has 1 rings (SSSR count). The minimum atomic E-state index is -0.553. The lowest BCUT2D eigenvalue weighted by Gasteiger charge is -2.24. The predicted octanol–water partition coefficient (Wildman–Crippen LogP) is 3.20. The van der Waals surface area contributed by atoms with Crippen LogP contribution in [0.3, 0.4) is 0 Å². The predicted molar refractivity (Wildman–Crippen MR) is 110 cm³/mol. The first-order valence-corrected chi connectivity index (χ1v) is 9.25. The number of benzene rings is 1. The van der Waals surface area contributed by atoms with Crippen molar-refractivity contribution >= 4 is 24.2 Å². The Hall–Kier alpha value is -1.59. The average Bonchev–Trinajstić information content (AvgIpc) is 2.57. The molecule has 5 nitrogen and oxygen atoms in total. The van der Waals surface area contributed by atoms with Crippen LogP contribution in [0.25, 0.3) is 0 Å². The smallest absolute Gasteiger partial charge is 0.252 e. The Labute approximate surface area is 163 Å². The van der Waals surface area contributed by atoms with Crippen molar-refractivity contribution in [3.63, 3.8) is 0 Å². The second kappa shape index (κ2) is 12.7. The summed E-state index contributed by atoms with van der Waals surface area (Å²) in [4.78, 5) is 25.3. The van der Waals surface area contributed by atoms with Crippen LogP contribution in [-0.2, 0) is 4.79 Å². The van der Waals surface area contributed by atoms with E-state index in [1.54, 1.807) is 6.07 Å². The van der Waals surface area contributed by atoms with Gasteiger partial charge in [-0.15, -0.1) is 12.4 Å². The lowest BCUT2D eigenvalue weighted by molar-refractivity contribution is -0.124. The summed E-state index contributed by atoms with van der Waals surface area (Å²) in [6.45, 7) is 8.49.